The lowest BCUT2D eigenvalue weighted by molar-refractivity contribution is 0.399. The Bertz CT molecular complexity index is 543. The van der Waals surface area contributed by atoms with E-state index in [-0.39, 0.29) is 10.6 Å². The molecule has 2 aromatic rings. The number of halogens is 2. The summed E-state index contributed by atoms with van der Waals surface area (Å²) in [5.74, 6) is 0.120. The largest absolute Gasteiger partial charge is 0.308 e. The Labute approximate surface area is 104 Å². The van der Waals surface area contributed by atoms with Gasteiger partial charge in [0.2, 0.25) is 0 Å². The zero-order valence-corrected chi connectivity index (χ0v) is 10.7. The highest BCUT2D eigenvalue weighted by atomic mass is 35.5. The van der Waals surface area contributed by atoms with E-state index in [0.29, 0.717) is 11.4 Å². The summed E-state index contributed by atoms with van der Waals surface area (Å²) >= 11 is 5.95. The Kier molecular flexibility index (Phi) is 2.91. The van der Waals surface area contributed by atoms with E-state index < -0.39 is 5.82 Å². The topological polar surface area (TPSA) is 30.7 Å². The molecule has 90 valence electrons. The van der Waals surface area contributed by atoms with Gasteiger partial charge in [0.1, 0.15) is 12.1 Å². The highest BCUT2D eigenvalue weighted by molar-refractivity contribution is 6.33. The smallest absolute Gasteiger partial charge is 0.165 e. The minimum atomic E-state index is -0.451. The third-order valence-corrected chi connectivity index (χ3v) is 2.85. The molecule has 1 aromatic heterocycles. The number of aromatic nitrogens is 3. The lowest BCUT2D eigenvalue weighted by Gasteiger charge is -2.22. The van der Waals surface area contributed by atoms with E-state index in [1.807, 2.05) is 25.3 Å². The van der Waals surface area contributed by atoms with Crippen molar-refractivity contribution in [2.75, 3.05) is 0 Å². The number of hydrogen-bond acceptors (Lipinski definition) is 2. The molecule has 0 saturated carbocycles. The van der Waals surface area contributed by atoms with Crippen LogP contribution < -0.4 is 0 Å². The fourth-order valence-corrected chi connectivity index (χ4v) is 1.80. The molecule has 0 aliphatic rings. The van der Waals surface area contributed by atoms with Crippen LogP contribution in [0, 0.1) is 5.82 Å². The first-order chi connectivity index (χ1) is 7.91. The average molecular weight is 254 g/mol. The third-order valence-electron chi connectivity index (χ3n) is 2.46. The van der Waals surface area contributed by atoms with Crippen LogP contribution in [-0.2, 0) is 5.54 Å². The first-order valence-electron chi connectivity index (χ1n) is 5.26. The van der Waals surface area contributed by atoms with E-state index in [1.54, 1.807) is 18.5 Å². The van der Waals surface area contributed by atoms with Crippen molar-refractivity contribution in [3.05, 3.63) is 35.4 Å². The maximum Gasteiger partial charge on any atom is 0.165 e. The van der Waals surface area contributed by atoms with Crippen LogP contribution in [0.3, 0.4) is 0 Å². The van der Waals surface area contributed by atoms with Gasteiger partial charge in [0.25, 0.3) is 0 Å². The molecule has 0 radical (unpaired) electrons. The summed E-state index contributed by atoms with van der Waals surface area (Å²) in [6, 6.07) is 4.67. The second kappa shape index (κ2) is 4.11. The van der Waals surface area contributed by atoms with Crippen LogP contribution in [-0.4, -0.2) is 14.8 Å². The summed E-state index contributed by atoms with van der Waals surface area (Å²) in [6.07, 6.45) is 1.62. The van der Waals surface area contributed by atoms with E-state index in [0.717, 1.165) is 0 Å². The van der Waals surface area contributed by atoms with Crippen LogP contribution in [0.4, 0.5) is 4.39 Å². The summed E-state index contributed by atoms with van der Waals surface area (Å²) in [6.45, 7) is 6.06. The van der Waals surface area contributed by atoms with Gasteiger partial charge in [-0.1, -0.05) is 17.7 Å². The van der Waals surface area contributed by atoms with Crippen molar-refractivity contribution in [3.8, 4) is 11.4 Å². The molecule has 1 heterocycles. The molecule has 0 atom stereocenters. The van der Waals surface area contributed by atoms with Gasteiger partial charge in [0, 0.05) is 11.1 Å². The van der Waals surface area contributed by atoms with Crippen LogP contribution in [0.2, 0.25) is 5.02 Å². The summed E-state index contributed by atoms with van der Waals surface area (Å²) in [7, 11) is 0. The Morgan fingerprint density at radius 3 is 2.65 bits per heavy atom. The number of nitrogens with zero attached hydrogens (tertiary/aromatic N) is 3. The van der Waals surface area contributed by atoms with E-state index in [1.165, 1.54) is 6.07 Å². The molecule has 0 N–H and O–H groups in total. The van der Waals surface area contributed by atoms with Crippen LogP contribution in [0.5, 0.6) is 0 Å². The molecule has 0 spiro atoms. The Morgan fingerprint density at radius 2 is 2.00 bits per heavy atom. The van der Waals surface area contributed by atoms with Gasteiger partial charge in [-0.05, 0) is 32.9 Å². The summed E-state index contributed by atoms with van der Waals surface area (Å²) in [5, 5.41) is 7.96. The van der Waals surface area contributed by atoms with Crippen molar-refractivity contribution >= 4 is 11.6 Å². The molecule has 0 bridgehead atoms. The molecule has 5 heteroatoms. The van der Waals surface area contributed by atoms with Crippen molar-refractivity contribution in [3.63, 3.8) is 0 Å². The van der Waals surface area contributed by atoms with E-state index in [9.17, 15) is 4.39 Å². The lowest BCUT2D eigenvalue weighted by Crippen LogP contribution is -2.22. The highest BCUT2D eigenvalue weighted by Gasteiger charge is 2.21. The zero-order valence-electron chi connectivity index (χ0n) is 9.91. The standard InChI is InChI=1S/C12H13ClFN3/c1-12(2,3)17-7-15-16-11(17)8-5-4-6-9(14)10(8)13/h4-7H,1-3H3. The van der Waals surface area contributed by atoms with Gasteiger partial charge >= 0.3 is 0 Å². The first-order valence-corrected chi connectivity index (χ1v) is 5.64. The molecular weight excluding hydrogens is 241 g/mol. The summed E-state index contributed by atoms with van der Waals surface area (Å²) in [5.41, 5.74) is 0.369. The second-order valence-corrected chi connectivity index (χ2v) is 5.17. The maximum absolute atomic E-state index is 13.4. The van der Waals surface area contributed by atoms with Gasteiger partial charge in [-0.25, -0.2) is 4.39 Å². The maximum atomic E-state index is 13.4. The van der Waals surface area contributed by atoms with Crippen LogP contribution in [0.1, 0.15) is 20.8 Å². The van der Waals surface area contributed by atoms with Gasteiger partial charge in [-0.15, -0.1) is 10.2 Å². The molecule has 0 amide bonds. The monoisotopic (exact) mass is 253 g/mol. The molecule has 0 saturated heterocycles. The van der Waals surface area contributed by atoms with Crippen LogP contribution >= 0.6 is 11.6 Å². The fraction of sp³-hybridized carbons (Fsp3) is 0.333. The molecule has 1 aromatic carbocycles. The van der Waals surface area contributed by atoms with Gasteiger partial charge < -0.3 is 4.57 Å². The van der Waals surface area contributed by atoms with Gasteiger partial charge in [-0.2, -0.15) is 0 Å². The fourth-order valence-electron chi connectivity index (χ4n) is 1.59. The third kappa shape index (κ3) is 2.17. The van der Waals surface area contributed by atoms with Gasteiger partial charge in [0.15, 0.2) is 5.82 Å². The van der Waals surface area contributed by atoms with E-state index >= 15 is 0 Å². The lowest BCUT2D eigenvalue weighted by atomic mass is 10.1. The number of rotatable bonds is 1. The molecule has 3 nitrogen and oxygen atoms in total. The quantitative estimate of drug-likeness (QED) is 0.779. The van der Waals surface area contributed by atoms with E-state index in [2.05, 4.69) is 10.2 Å². The van der Waals surface area contributed by atoms with E-state index in [4.69, 9.17) is 11.6 Å². The van der Waals surface area contributed by atoms with Gasteiger partial charge in [-0.3, -0.25) is 0 Å². The molecular formula is C12H13ClFN3. The molecule has 0 unspecified atom stereocenters. The number of benzene rings is 1. The minimum Gasteiger partial charge on any atom is -0.308 e. The summed E-state index contributed by atoms with van der Waals surface area (Å²) in [4.78, 5) is 0. The second-order valence-electron chi connectivity index (χ2n) is 4.80. The van der Waals surface area contributed by atoms with Crippen LogP contribution in [0.15, 0.2) is 24.5 Å². The first kappa shape index (κ1) is 12.0. The molecule has 0 fully saturated rings. The summed E-state index contributed by atoms with van der Waals surface area (Å²) < 4.78 is 15.3. The zero-order chi connectivity index (χ0) is 12.6. The van der Waals surface area contributed by atoms with Crippen molar-refractivity contribution in [2.45, 2.75) is 26.3 Å². The average Bonchev–Trinajstić information content (AvgIpc) is 2.70. The normalized spacial score (nSPS) is 11.8. The number of hydrogen-bond donors (Lipinski definition) is 0. The van der Waals surface area contributed by atoms with Crippen molar-refractivity contribution in [1.82, 2.24) is 14.8 Å². The van der Waals surface area contributed by atoms with Gasteiger partial charge in [0.05, 0.1) is 5.02 Å². The Morgan fingerprint density at radius 1 is 1.29 bits per heavy atom. The molecule has 0 aliphatic heterocycles. The van der Waals surface area contributed by atoms with Crippen molar-refractivity contribution in [1.29, 1.82) is 0 Å². The minimum absolute atomic E-state index is 0.0750. The molecule has 2 rings (SSSR count). The Hall–Kier alpha value is -1.42. The molecule has 0 aliphatic carbocycles. The van der Waals surface area contributed by atoms with Crippen LogP contribution in [0.25, 0.3) is 11.4 Å². The highest BCUT2D eigenvalue weighted by Crippen LogP contribution is 2.30. The SMILES string of the molecule is CC(C)(C)n1cnnc1-c1cccc(F)c1Cl. The van der Waals surface area contributed by atoms with Crippen molar-refractivity contribution in [2.24, 2.45) is 0 Å². The van der Waals surface area contributed by atoms with Crippen molar-refractivity contribution < 1.29 is 4.39 Å². The molecule has 17 heavy (non-hydrogen) atoms. The predicted molar refractivity (Wildman–Crippen MR) is 65.4 cm³/mol. The predicted octanol–water partition coefficient (Wildman–Crippen LogP) is 3.49. The Balaban J connectivity index is 2.62.